The third kappa shape index (κ3) is 2.76. The van der Waals surface area contributed by atoms with E-state index in [0.29, 0.717) is 26.8 Å². The van der Waals surface area contributed by atoms with E-state index in [1.165, 1.54) is 16.8 Å². The molecule has 1 saturated heterocycles. The predicted molar refractivity (Wildman–Crippen MR) is 90.2 cm³/mol. The molecule has 2 aliphatic rings. The fourth-order valence-corrected chi connectivity index (χ4v) is 3.01. The Morgan fingerprint density at radius 1 is 1.30 bits per heavy atom. The second-order valence-electron chi connectivity index (χ2n) is 4.69. The molecule has 0 unspecified atom stereocenters. The molecule has 0 aliphatic carbocycles. The van der Waals surface area contributed by atoms with Gasteiger partial charge in [0.25, 0.3) is 5.91 Å². The van der Waals surface area contributed by atoms with E-state index in [2.05, 4.69) is 15.4 Å². The van der Waals surface area contributed by atoms with Crippen LogP contribution in [0.2, 0.25) is 5.02 Å². The number of fused-ring (bicyclic) bond motifs is 1. The van der Waals surface area contributed by atoms with E-state index in [-0.39, 0.29) is 5.91 Å². The quantitative estimate of drug-likeness (QED) is 0.847. The van der Waals surface area contributed by atoms with E-state index >= 15 is 0 Å². The predicted octanol–water partition coefficient (Wildman–Crippen LogP) is 3.41. The lowest BCUT2D eigenvalue weighted by molar-refractivity contribution is -0.123. The largest absolute Gasteiger partial charge is 0.465 e. The number of hydrogen-bond acceptors (Lipinski definition) is 5. The van der Waals surface area contributed by atoms with Crippen LogP contribution >= 0.6 is 23.4 Å². The molecule has 1 fully saturated rings. The number of hydrazine groups is 1. The summed E-state index contributed by atoms with van der Waals surface area (Å²) in [5, 5.41) is 3.14. The van der Waals surface area contributed by atoms with Crippen molar-refractivity contribution in [3.05, 3.63) is 59.1 Å². The average Bonchev–Trinajstić information content (AvgIpc) is 3.23. The molecule has 6 nitrogen and oxygen atoms in total. The lowest BCUT2D eigenvalue weighted by Crippen LogP contribution is -2.38. The highest BCUT2D eigenvalue weighted by molar-refractivity contribution is 8.27. The smallest absolute Gasteiger partial charge is 0.297 e. The molecule has 0 atom stereocenters. The molecule has 0 spiro atoms. The summed E-state index contributed by atoms with van der Waals surface area (Å²) in [5.74, 6) is 0.337. The summed E-state index contributed by atoms with van der Waals surface area (Å²) < 4.78 is 5.20. The average molecular weight is 345 g/mol. The van der Waals surface area contributed by atoms with Crippen molar-refractivity contribution in [1.82, 2.24) is 10.4 Å². The van der Waals surface area contributed by atoms with Crippen LogP contribution in [-0.2, 0) is 4.79 Å². The number of nitrogens with one attached hydrogen (secondary N) is 1. The van der Waals surface area contributed by atoms with E-state index in [1.807, 2.05) is 0 Å². The Kier molecular flexibility index (Phi) is 3.44. The molecular weight excluding hydrogens is 336 g/mol. The molecule has 4 rings (SSSR count). The molecule has 1 amide bonds. The topological polar surface area (TPSA) is 70.2 Å². The van der Waals surface area contributed by atoms with Gasteiger partial charge in [0.05, 0.1) is 12.0 Å². The minimum absolute atomic E-state index is 0.245. The zero-order valence-electron chi connectivity index (χ0n) is 11.6. The summed E-state index contributed by atoms with van der Waals surface area (Å²) >= 11 is 7.13. The third-order valence-electron chi connectivity index (χ3n) is 3.10. The molecule has 114 valence electrons. The molecule has 0 radical (unpaired) electrons. The maximum atomic E-state index is 12.3. The molecule has 0 bridgehead atoms. The minimum Gasteiger partial charge on any atom is -0.465 e. The first kappa shape index (κ1) is 14.1. The first-order chi connectivity index (χ1) is 11.2. The van der Waals surface area contributed by atoms with Crippen molar-refractivity contribution in [2.24, 2.45) is 9.98 Å². The van der Waals surface area contributed by atoms with Gasteiger partial charge in [0.2, 0.25) is 0 Å². The van der Waals surface area contributed by atoms with Crippen LogP contribution in [0.4, 0.5) is 5.69 Å². The van der Waals surface area contributed by atoms with Crippen LogP contribution in [-0.4, -0.2) is 21.3 Å². The Balaban J connectivity index is 1.57. The zero-order chi connectivity index (χ0) is 15.8. The second kappa shape index (κ2) is 5.60. The summed E-state index contributed by atoms with van der Waals surface area (Å²) in [6.45, 7) is 0. The number of thioether (sulfide) groups is 1. The molecule has 1 aromatic carbocycles. The Hall–Kier alpha value is -2.51. The number of furan rings is 1. The number of amidine groups is 2. The van der Waals surface area contributed by atoms with Gasteiger partial charge in [-0.3, -0.25) is 10.2 Å². The van der Waals surface area contributed by atoms with Crippen LogP contribution in [0.15, 0.2) is 62.8 Å². The van der Waals surface area contributed by atoms with Crippen molar-refractivity contribution in [2.45, 2.75) is 0 Å². The van der Waals surface area contributed by atoms with Gasteiger partial charge in [0.15, 0.2) is 10.3 Å². The molecule has 23 heavy (non-hydrogen) atoms. The summed E-state index contributed by atoms with van der Waals surface area (Å²) in [7, 11) is 0. The van der Waals surface area contributed by atoms with Gasteiger partial charge >= 0.3 is 0 Å². The number of benzene rings is 1. The lowest BCUT2D eigenvalue weighted by Gasteiger charge is -2.07. The van der Waals surface area contributed by atoms with Crippen molar-refractivity contribution in [3.8, 4) is 0 Å². The van der Waals surface area contributed by atoms with Crippen LogP contribution < -0.4 is 5.43 Å². The Morgan fingerprint density at radius 2 is 2.13 bits per heavy atom. The van der Waals surface area contributed by atoms with E-state index in [0.717, 1.165) is 5.69 Å². The first-order valence-corrected chi connectivity index (χ1v) is 7.85. The summed E-state index contributed by atoms with van der Waals surface area (Å²) in [6.07, 6.45) is 3.15. The van der Waals surface area contributed by atoms with Crippen LogP contribution in [0.3, 0.4) is 0 Å². The van der Waals surface area contributed by atoms with Gasteiger partial charge in [-0.1, -0.05) is 11.6 Å². The fraction of sp³-hybridized carbons (Fsp3) is 0. The van der Waals surface area contributed by atoms with Crippen LogP contribution in [0.1, 0.15) is 5.76 Å². The number of aliphatic imine (C=N–C) groups is 2. The van der Waals surface area contributed by atoms with Crippen LogP contribution in [0.25, 0.3) is 6.08 Å². The normalized spacial score (nSPS) is 20.1. The van der Waals surface area contributed by atoms with Crippen molar-refractivity contribution >= 4 is 51.4 Å². The lowest BCUT2D eigenvalue weighted by atomic mass is 10.3. The molecule has 2 aromatic rings. The van der Waals surface area contributed by atoms with Crippen molar-refractivity contribution in [1.29, 1.82) is 0 Å². The van der Waals surface area contributed by atoms with Gasteiger partial charge in [-0.2, -0.15) is 5.01 Å². The highest BCUT2D eigenvalue weighted by atomic mass is 35.5. The SMILES string of the molecule is O=C1/C(=C/c2ccco2)N=C2SC(=Nc3ccc(Cl)cc3)NN12. The third-order valence-corrected chi connectivity index (χ3v) is 4.19. The molecule has 0 saturated carbocycles. The van der Waals surface area contributed by atoms with Crippen LogP contribution in [0.5, 0.6) is 0 Å². The maximum Gasteiger partial charge on any atom is 0.297 e. The van der Waals surface area contributed by atoms with Gasteiger partial charge in [0, 0.05) is 11.1 Å². The van der Waals surface area contributed by atoms with Crippen molar-refractivity contribution < 1.29 is 9.21 Å². The molecule has 3 heterocycles. The molecule has 1 N–H and O–H groups in total. The first-order valence-electron chi connectivity index (χ1n) is 6.66. The number of rotatable bonds is 2. The Labute approximate surface area is 140 Å². The number of hydrogen-bond donors (Lipinski definition) is 1. The van der Waals surface area contributed by atoms with Gasteiger partial charge in [-0.15, -0.1) is 0 Å². The summed E-state index contributed by atoms with van der Waals surface area (Å²) in [4.78, 5) is 21.0. The van der Waals surface area contributed by atoms with E-state index in [9.17, 15) is 4.79 Å². The van der Waals surface area contributed by atoms with Crippen molar-refractivity contribution in [2.75, 3.05) is 0 Å². The Morgan fingerprint density at radius 3 is 2.83 bits per heavy atom. The molecular formula is C15H9ClN4O2S. The molecule has 8 heteroatoms. The molecule has 2 aliphatic heterocycles. The number of carbonyl (C=O) groups excluding carboxylic acids is 1. The maximum absolute atomic E-state index is 12.3. The minimum atomic E-state index is -0.245. The van der Waals surface area contributed by atoms with Gasteiger partial charge in [-0.25, -0.2) is 9.98 Å². The van der Waals surface area contributed by atoms with Gasteiger partial charge in [-0.05, 0) is 48.2 Å². The summed E-state index contributed by atoms with van der Waals surface area (Å²) in [6, 6.07) is 10.6. The number of carbonyl (C=O) groups is 1. The van der Waals surface area contributed by atoms with E-state index in [4.69, 9.17) is 16.0 Å². The zero-order valence-corrected chi connectivity index (χ0v) is 13.1. The van der Waals surface area contributed by atoms with Crippen LogP contribution in [0, 0.1) is 0 Å². The standard InChI is InChI=1S/C15H9ClN4O2S/c16-9-3-5-10(6-4-9)17-14-19-20-13(21)12(18-15(20)23-14)8-11-2-1-7-22-11/h1-8H,(H,17,19)/b12-8-. The molecule has 1 aromatic heterocycles. The van der Waals surface area contributed by atoms with Gasteiger partial charge < -0.3 is 4.42 Å². The number of amides is 1. The highest BCUT2D eigenvalue weighted by Crippen LogP contribution is 2.29. The fourth-order valence-electron chi connectivity index (χ4n) is 2.06. The van der Waals surface area contributed by atoms with E-state index in [1.54, 1.807) is 48.7 Å². The highest BCUT2D eigenvalue weighted by Gasteiger charge is 2.38. The summed E-state index contributed by atoms with van der Waals surface area (Å²) in [5.41, 5.74) is 4.00. The Bertz CT molecular complexity index is 856. The van der Waals surface area contributed by atoms with E-state index < -0.39 is 0 Å². The number of halogens is 1. The second-order valence-corrected chi connectivity index (χ2v) is 6.08. The monoisotopic (exact) mass is 344 g/mol. The number of nitrogens with zero attached hydrogens (tertiary/aromatic N) is 3. The van der Waals surface area contributed by atoms with Crippen molar-refractivity contribution in [3.63, 3.8) is 0 Å². The van der Waals surface area contributed by atoms with Gasteiger partial charge in [0.1, 0.15) is 11.5 Å².